The van der Waals surface area contributed by atoms with E-state index >= 15 is 0 Å². The van der Waals surface area contributed by atoms with E-state index in [0.29, 0.717) is 12.1 Å². The van der Waals surface area contributed by atoms with Crippen molar-refractivity contribution in [2.75, 3.05) is 35.1 Å². The number of amides is 1. The number of rotatable bonds is 9. The van der Waals surface area contributed by atoms with E-state index in [9.17, 15) is 13.2 Å². The number of carbonyl (C=O) groups is 1. The highest BCUT2D eigenvalue weighted by molar-refractivity contribution is 7.92. The van der Waals surface area contributed by atoms with Crippen LogP contribution in [0.15, 0.2) is 42.5 Å². The maximum Gasteiger partial charge on any atom is 0.232 e. The topological polar surface area (TPSA) is 69.7 Å². The van der Waals surface area contributed by atoms with E-state index in [2.05, 4.69) is 34.5 Å². The zero-order chi connectivity index (χ0) is 24.0. The van der Waals surface area contributed by atoms with Crippen molar-refractivity contribution in [2.24, 2.45) is 0 Å². The van der Waals surface area contributed by atoms with E-state index in [0.717, 1.165) is 29.8 Å². The van der Waals surface area contributed by atoms with Crippen LogP contribution >= 0.6 is 0 Å². The molecule has 7 heteroatoms. The molecule has 180 valence electrons. The summed E-state index contributed by atoms with van der Waals surface area (Å²) in [5.74, 6) is -0.0722. The minimum Gasteiger partial charge on any atom is -0.372 e. The van der Waals surface area contributed by atoms with E-state index in [1.165, 1.54) is 35.5 Å². The summed E-state index contributed by atoms with van der Waals surface area (Å²) in [4.78, 5) is 15.0. The lowest BCUT2D eigenvalue weighted by molar-refractivity contribution is -0.121. The molecule has 6 nitrogen and oxygen atoms in total. The average molecular weight is 472 g/mol. The highest BCUT2D eigenvalue weighted by Gasteiger charge is 2.20. The Labute approximate surface area is 199 Å². The van der Waals surface area contributed by atoms with Crippen LogP contribution in [-0.4, -0.2) is 40.2 Å². The second kappa shape index (κ2) is 11.1. The van der Waals surface area contributed by atoms with Gasteiger partial charge in [-0.25, -0.2) is 8.42 Å². The monoisotopic (exact) mass is 471 g/mol. The summed E-state index contributed by atoms with van der Waals surface area (Å²) in [6.45, 7) is 8.36. The average Bonchev–Trinajstić information content (AvgIpc) is 2.79. The molecule has 0 saturated carbocycles. The third-order valence-corrected chi connectivity index (χ3v) is 7.68. The molecule has 1 aliphatic heterocycles. The first kappa shape index (κ1) is 25.1. The predicted octanol–water partition coefficient (Wildman–Crippen LogP) is 4.72. The molecule has 0 spiro atoms. The van der Waals surface area contributed by atoms with Gasteiger partial charge in [0.2, 0.25) is 15.9 Å². The standard InChI is InChI=1S/C26H37N3O3S/c1-20-10-8-11-25(21(20)2)29(33(4,31)32)19-9-12-26(30)27-22(3)23-13-15-24(16-14-23)28-17-6-5-7-18-28/h8,10-11,13-16,22H,5-7,9,12,17-19H2,1-4H3,(H,27,30)/t22-/m1/s1. The number of hydrogen-bond acceptors (Lipinski definition) is 4. The van der Waals surface area contributed by atoms with Gasteiger partial charge < -0.3 is 10.2 Å². The zero-order valence-corrected chi connectivity index (χ0v) is 21.1. The van der Waals surface area contributed by atoms with E-state index in [1.54, 1.807) is 0 Å². The maximum atomic E-state index is 12.5. The van der Waals surface area contributed by atoms with E-state index in [-0.39, 0.29) is 24.9 Å². The summed E-state index contributed by atoms with van der Waals surface area (Å²) in [6, 6.07) is 14.0. The van der Waals surface area contributed by atoms with E-state index < -0.39 is 10.0 Å². The Morgan fingerprint density at radius 3 is 2.36 bits per heavy atom. The normalized spacial score (nSPS) is 15.2. The minimum atomic E-state index is -3.44. The number of hydrogen-bond donors (Lipinski definition) is 1. The number of carbonyl (C=O) groups excluding carboxylic acids is 1. The molecule has 1 N–H and O–H groups in total. The van der Waals surface area contributed by atoms with Gasteiger partial charge in [0.15, 0.2) is 0 Å². The van der Waals surface area contributed by atoms with Gasteiger partial charge in [0.1, 0.15) is 0 Å². The van der Waals surface area contributed by atoms with Crippen molar-refractivity contribution in [1.82, 2.24) is 5.32 Å². The van der Waals surface area contributed by atoms with Crippen LogP contribution in [0.2, 0.25) is 0 Å². The molecule has 0 bridgehead atoms. The molecule has 2 aromatic carbocycles. The van der Waals surface area contributed by atoms with Crippen molar-refractivity contribution in [2.45, 2.75) is 58.9 Å². The van der Waals surface area contributed by atoms with Crippen molar-refractivity contribution in [3.05, 3.63) is 59.2 Å². The fraction of sp³-hybridized carbons (Fsp3) is 0.500. The van der Waals surface area contributed by atoms with Crippen LogP contribution in [0.25, 0.3) is 0 Å². The number of nitrogens with one attached hydrogen (secondary N) is 1. The first-order valence-electron chi connectivity index (χ1n) is 11.8. The van der Waals surface area contributed by atoms with Crippen molar-refractivity contribution in [3.63, 3.8) is 0 Å². The molecular weight excluding hydrogens is 434 g/mol. The van der Waals surface area contributed by atoms with Crippen LogP contribution in [-0.2, 0) is 14.8 Å². The van der Waals surface area contributed by atoms with Gasteiger partial charge in [0.05, 0.1) is 18.0 Å². The van der Waals surface area contributed by atoms with Crippen LogP contribution in [0.1, 0.15) is 61.8 Å². The number of piperidine rings is 1. The molecule has 0 unspecified atom stereocenters. The van der Waals surface area contributed by atoms with Gasteiger partial charge in [-0.2, -0.15) is 0 Å². The first-order chi connectivity index (χ1) is 15.7. The molecule has 0 aliphatic carbocycles. The highest BCUT2D eigenvalue weighted by Crippen LogP contribution is 2.26. The minimum absolute atomic E-state index is 0.0722. The summed E-state index contributed by atoms with van der Waals surface area (Å²) in [5, 5.41) is 3.05. The Bertz CT molecular complexity index is 1040. The van der Waals surface area contributed by atoms with Crippen LogP contribution < -0.4 is 14.5 Å². The first-order valence-corrected chi connectivity index (χ1v) is 13.7. The van der Waals surface area contributed by atoms with Gasteiger partial charge in [-0.1, -0.05) is 24.3 Å². The SMILES string of the molecule is Cc1cccc(N(CCCC(=O)N[C@H](C)c2ccc(N3CCCCC3)cc2)S(C)(=O)=O)c1C. The molecule has 1 saturated heterocycles. The lowest BCUT2D eigenvalue weighted by atomic mass is 10.1. The lowest BCUT2D eigenvalue weighted by Gasteiger charge is -2.29. The number of nitrogens with zero attached hydrogens (tertiary/aromatic N) is 2. The van der Waals surface area contributed by atoms with Crippen molar-refractivity contribution >= 4 is 27.3 Å². The van der Waals surface area contributed by atoms with Gasteiger partial charge in [0, 0.05) is 31.7 Å². The number of sulfonamides is 1. The number of benzene rings is 2. The van der Waals surface area contributed by atoms with Gasteiger partial charge in [-0.05, 0) is 81.3 Å². The molecule has 3 rings (SSSR count). The Morgan fingerprint density at radius 1 is 1.06 bits per heavy atom. The van der Waals surface area contributed by atoms with Crippen LogP contribution in [0.5, 0.6) is 0 Å². The van der Waals surface area contributed by atoms with Crippen molar-refractivity contribution in [3.8, 4) is 0 Å². The number of anilines is 2. The molecule has 1 fully saturated rings. The fourth-order valence-corrected chi connectivity index (χ4v) is 5.39. The predicted molar refractivity (Wildman–Crippen MR) is 136 cm³/mol. The molecule has 0 aromatic heterocycles. The second-order valence-corrected chi connectivity index (χ2v) is 11.0. The van der Waals surface area contributed by atoms with Crippen molar-refractivity contribution < 1.29 is 13.2 Å². The molecular formula is C26H37N3O3S. The molecule has 33 heavy (non-hydrogen) atoms. The summed E-state index contributed by atoms with van der Waals surface area (Å²) < 4.78 is 26.2. The smallest absolute Gasteiger partial charge is 0.232 e. The molecule has 1 aliphatic rings. The van der Waals surface area contributed by atoms with E-state index in [4.69, 9.17) is 0 Å². The lowest BCUT2D eigenvalue weighted by Crippen LogP contribution is -2.33. The number of aryl methyl sites for hydroxylation is 1. The Kier molecular flexibility index (Phi) is 8.40. The molecule has 1 atom stereocenters. The van der Waals surface area contributed by atoms with E-state index in [1.807, 2.05) is 39.0 Å². The third-order valence-electron chi connectivity index (χ3n) is 6.50. The third kappa shape index (κ3) is 6.73. The van der Waals surface area contributed by atoms with Gasteiger partial charge in [0.25, 0.3) is 0 Å². The quantitative estimate of drug-likeness (QED) is 0.575. The Morgan fingerprint density at radius 2 is 1.73 bits per heavy atom. The van der Waals surface area contributed by atoms with Crippen LogP contribution in [0, 0.1) is 13.8 Å². The van der Waals surface area contributed by atoms with Gasteiger partial charge in [-0.15, -0.1) is 0 Å². The molecule has 2 aromatic rings. The maximum absolute atomic E-state index is 12.5. The summed E-state index contributed by atoms with van der Waals surface area (Å²) in [7, 11) is -3.44. The Hall–Kier alpha value is -2.54. The Balaban J connectivity index is 1.54. The van der Waals surface area contributed by atoms with Gasteiger partial charge in [-0.3, -0.25) is 9.10 Å². The molecule has 1 amide bonds. The van der Waals surface area contributed by atoms with Crippen LogP contribution in [0.3, 0.4) is 0 Å². The second-order valence-electron chi connectivity index (χ2n) is 9.09. The molecule has 1 heterocycles. The van der Waals surface area contributed by atoms with Gasteiger partial charge >= 0.3 is 0 Å². The summed E-state index contributed by atoms with van der Waals surface area (Å²) in [6.07, 6.45) is 5.73. The molecule has 0 radical (unpaired) electrons. The zero-order valence-electron chi connectivity index (χ0n) is 20.3. The fourth-order valence-electron chi connectivity index (χ4n) is 4.38. The largest absolute Gasteiger partial charge is 0.372 e. The summed E-state index contributed by atoms with van der Waals surface area (Å²) >= 11 is 0. The van der Waals surface area contributed by atoms with Crippen molar-refractivity contribution in [1.29, 1.82) is 0 Å². The van der Waals surface area contributed by atoms with Crippen LogP contribution in [0.4, 0.5) is 11.4 Å². The summed E-state index contributed by atoms with van der Waals surface area (Å²) in [5.41, 5.74) is 4.97. The highest BCUT2D eigenvalue weighted by atomic mass is 32.2.